The van der Waals surface area contributed by atoms with Gasteiger partial charge in [-0.2, -0.15) is 0 Å². The first kappa shape index (κ1) is 19.2. The minimum absolute atomic E-state index is 0.0568. The van der Waals surface area contributed by atoms with Crippen LogP contribution in [0.2, 0.25) is 0 Å². The molecule has 0 spiro atoms. The fourth-order valence-electron chi connectivity index (χ4n) is 2.32. The van der Waals surface area contributed by atoms with E-state index in [1.54, 1.807) is 12.0 Å². The van der Waals surface area contributed by atoms with Crippen LogP contribution < -0.4 is 10.1 Å². The van der Waals surface area contributed by atoms with Crippen LogP contribution in [-0.2, 0) is 11.3 Å². The molecule has 1 amide bonds. The van der Waals surface area contributed by atoms with Gasteiger partial charge in [0.1, 0.15) is 5.75 Å². The second-order valence-electron chi connectivity index (χ2n) is 5.75. The van der Waals surface area contributed by atoms with E-state index in [1.165, 1.54) is 23.1 Å². The number of hydrogen-bond donors (Lipinski definition) is 1. The van der Waals surface area contributed by atoms with Crippen LogP contribution in [0.15, 0.2) is 58.9 Å². The lowest BCUT2D eigenvalue weighted by atomic mass is 10.2. The Bertz CT molecular complexity index is 886. The van der Waals surface area contributed by atoms with Gasteiger partial charge in [-0.25, -0.2) is 0 Å². The van der Waals surface area contributed by atoms with Crippen LogP contribution in [-0.4, -0.2) is 40.9 Å². The number of thioether (sulfide) groups is 1. The highest BCUT2D eigenvalue weighted by atomic mass is 32.2. The van der Waals surface area contributed by atoms with Gasteiger partial charge in [-0.05, 0) is 17.7 Å². The Kier molecular flexibility index (Phi) is 6.67. The van der Waals surface area contributed by atoms with Gasteiger partial charge in [0.25, 0.3) is 0 Å². The van der Waals surface area contributed by atoms with Crippen LogP contribution in [0.5, 0.6) is 5.75 Å². The van der Waals surface area contributed by atoms with Crippen LogP contribution >= 0.6 is 23.1 Å². The molecule has 0 bridgehead atoms. The van der Waals surface area contributed by atoms with E-state index in [2.05, 4.69) is 15.5 Å². The van der Waals surface area contributed by atoms with Gasteiger partial charge in [0, 0.05) is 25.3 Å². The van der Waals surface area contributed by atoms with Crippen LogP contribution in [0.4, 0.5) is 10.8 Å². The normalized spacial score (nSPS) is 10.4. The van der Waals surface area contributed by atoms with Crippen molar-refractivity contribution >= 4 is 39.8 Å². The van der Waals surface area contributed by atoms with Crippen molar-refractivity contribution in [3.63, 3.8) is 0 Å². The number of benzene rings is 2. The molecule has 6 nitrogen and oxygen atoms in total. The second kappa shape index (κ2) is 9.38. The maximum atomic E-state index is 12.3. The number of methoxy groups -OCH3 is 1. The SMILES string of the molecule is COc1cccc(Nc2nnc(SCC(=O)N(C)Cc3ccccc3)s2)c1. The molecule has 0 unspecified atom stereocenters. The number of aromatic nitrogens is 2. The fourth-order valence-corrected chi connectivity index (χ4v) is 4.03. The molecule has 1 aromatic heterocycles. The lowest BCUT2D eigenvalue weighted by Crippen LogP contribution is -2.27. The van der Waals surface area contributed by atoms with Gasteiger partial charge in [0.15, 0.2) is 4.34 Å². The van der Waals surface area contributed by atoms with E-state index in [9.17, 15) is 4.79 Å². The molecule has 1 N–H and O–H groups in total. The standard InChI is InChI=1S/C19H20N4O2S2/c1-23(12-14-7-4-3-5-8-14)17(24)13-26-19-22-21-18(27-19)20-15-9-6-10-16(11-15)25-2/h3-11H,12-13H2,1-2H3,(H,20,21). The van der Waals surface area contributed by atoms with Crippen LogP contribution in [0.3, 0.4) is 0 Å². The number of ether oxygens (including phenoxy) is 1. The van der Waals surface area contributed by atoms with Crippen molar-refractivity contribution in [1.82, 2.24) is 15.1 Å². The molecule has 0 saturated carbocycles. The molecular formula is C19H20N4O2S2. The fraction of sp³-hybridized carbons (Fsp3) is 0.211. The molecule has 1 heterocycles. The highest BCUT2D eigenvalue weighted by molar-refractivity contribution is 8.01. The summed E-state index contributed by atoms with van der Waals surface area (Å²) in [4.78, 5) is 14.0. The van der Waals surface area contributed by atoms with Crippen molar-refractivity contribution < 1.29 is 9.53 Å². The Morgan fingerprint density at radius 1 is 1.19 bits per heavy atom. The zero-order valence-electron chi connectivity index (χ0n) is 15.1. The number of nitrogens with zero attached hydrogens (tertiary/aromatic N) is 3. The van der Waals surface area contributed by atoms with E-state index in [0.717, 1.165) is 21.3 Å². The molecule has 3 aromatic rings. The Morgan fingerprint density at radius 2 is 2.00 bits per heavy atom. The first-order chi connectivity index (χ1) is 13.1. The average molecular weight is 401 g/mol. The van der Waals surface area contributed by atoms with Crippen molar-refractivity contribution in [3.05, 3.63) is 60.2 Å². The minimum atomic E-state index is 0.0568. The third-order valence-electron chi connectivity index (χ3n) is 3.73. The van der Waals surface area contributed by atoms with E-state index in [-0.39, 0.29) is 5.91 Å². The van der Waals surface area contributed by atoms with E-state index in [4.69, 9.17) is 4.74 Å². The molecule has 0 fully saturated rings. The van der Waals surface area contributed by atoms with Crippen molar-refractivity contribution in [2.75, 3.05) is 25.2 Å². The summed E-state index contributed by atoms with van der Waals surface area (Å²) < 4.78 is 5.96. The first-order valence-corrected chi connectivity index (χ1v) is 10.1. The van der Waals surface area contributed by atoms with Crippen molar-refractivity contribution in [2.24, 2.45) is 0 Å². The Balaban J connectivity index is 1.50. The summed E-state index contributed by atoms with van der Waals surface area (Å²) in [5.41, 5.74) is 1.99. The van der Waals surface area contributed by atoms with Crippen LogP contribution in [0, 0.1) is 0 Å². The quantitative estimate of drug-likeness (QED) is 0.576. The lowest BCUT2D eigenvalue weighted by Gasteiger charge is -2.16. The van der Waals surface area contributed by atoms with Crippen molar-refractivity contribution in [1.29, 1.82) is 0 Å². The predicted molar refractivity (Wildman–Crippen MR) is 110 cm³/mol. The molecule has 0 aliphatic rings. The Labute approximate surface area is 166 Å². The molecule has 2 aromatic carbocycles. The summed E-state index contributed by atoms with van der Waals surface area (Å²) in [6.07, 6.45) is 0. The maximum absolute atomic E-state index is 12.3. The highest BCUT2D eigenvalue weighted by Crippen LogP contribution is 2.28. The number of carbonyl (C=O) groups is 1. The molecule has 27 heavy (non-hydrogen) atoms. The minimum Gasteiger partial charge on any atom is -0.497 e. The number of carbonyl (C=O) groups excluding carboxylic acids is 1. The molecule has 0 atom stereocenters. The summed E-state index contributed by atoms with van der Waals surface area (Å²) in [6, 6.07) is 17.5. The summed E-state index contributed by atoms with van der Waals surface area (Å²) in [6.45, 7) is 0.596. The van der Waals surface area contributed by atoms with Gasteiger partial charge in [0.05, 0.1) is 12.9 Å². The van der Waals surface area contributed by atoms with E-state index in [1.807, 2.05) is 61.6 Å². The monoisotopic (exact) mass is 400 g/mol. The van der Waals surface area contributed by atoms with Gasteiger partial charge < -0.3 is 15.0 Å². The molecule has 3 rings (SSSR count). The summed E-state index contributed by atoms with van der Waals surface area (Å²) in [5.74, 6) is 1.16. The van der Waals surface area contributed by atoms with Gasteiger partial charge in [-0.15, -0.1) is 10.2 Å². The molecular weight excluding hydrogens is 380 g/mol. The topological polar surface area (TPSA) is 67.3 Å². The summed E-state index contributed by atoms with van der Waals surface area (Å²) >= 11 is 2.81. The third-order valence-corrected chi connectivity index (χ3v) is 5.69. The first-order valence-electron chi connectivity index (χ1n) is 8.29. The number of amides is 1. The molecule has 8 heteroatoms. The molecule has 0 aliphatic carbocycles. The number of hydrogen-bond acceptors (Lipinski definition) is 7. The lowest BCUT2D eigenvalue weighted by molar-refractivity contribution is -0.127. The number of anilines is 2. The van der Waals surface area contributed by atoms with Crippen molar-refractivity contribution in [2.45, 2.75) is 10.9 Å². The maximum Gasteiger partial charge on any atom is 0.233 e. The Hall–Kier alpha value is -2.58. The number of nitrogens with one attached hydrogen (secondary N) is 1. The van der Waals surface area contributed by atoms with Gasteiger partial charge in [0.2, 0.25) is 11.0 Å². The summed E-state index contributed by atoms with van der Waals surface area (Å²) in [7, 11) is 3.44. The van der Waals surface area contributed by atoms with Crippen LogP contribution in [0.25, 0.3) is 0 Å². The molecule has 0 radical (unpaired) electrons. The zero-order valence-corrected chi connectivity index (χ0v) is 16.7. The Morgan fingerprint density at radius 3 is 2.78 bits per heavy atom. The van der Waals surface area contributed by atoms with Gasteiger partial charge >= 0.3 is 0 Å². The third kappa shape index (κ3) is 5.70. The van der Waals surface area contributed by atoms with E-state index < -0.39 is 0 Å². The predicted octanol–water partition coefficient (Wildman–Crippen LogP) is 4.04. The highest BCUT2D eigenvalue weighted by Gasteiger charge is 2.12. The largest absolute Gasteiger partial charge is 0.497 e. The van der Waals surface area contributed by atoms with Crippen LogP contribution in [0.1, 0.15) is 5.56 Å². The van der Waals surface area contributed by atoms with Gasteiger partial charge in [-0.3, -0.25) is 4.79 Å². The zero-order chi connectivity index (χ0) is 19.1. The number of rotatable bonds is 8. The smallest absolute Gasteiger partial charge is 0.233 e. The second-order valence-corrected chi connectivity index (χ2v) is 7.95. The van der Waals surface area contributed by atoms with E-state index >= 15 is 0 Å². The average Bonchev–Trinajstić information content (AvgIpc) is 3.14. The molecule has 0 saturated heterocycles. The van der Waals surface area contributed by atoms with Gasteiger partial charge in [-0.1, -0.05) is 59.5 Å². The molecule has 140 valence electrons. The summed E-state index contributed by atoms with van der Waals surface area (Å²) in [5, 5.41) is 12.1. The molecule has 0 aliphatic heterocycles. The van der Waals surface area contributed by atoms with E-state index in [0.29, 0.717) is 17.4 Å². The van der Waals surface area contributed by atoms with Crippen molar-refractivity contribution in [3.8, 4) is 5.75 Å².